The van der Waals surface area contributed by atoms with Crippen LogP contribution in [0.15, 0.2) is 24.3 Å². The Balaban J connectivity index is 1.69. The maximum Gasteiger partial charge on any atom is 0.225 e. The molecular weight excluding hydrogens is 266 g/mol. The number of anilines is 2. The second kappa shape index (κ2) is 7.43. The maximum atomic E-state index is 11.9. The smallest absolute Gasteiger partial charge is 0.225 e. The second-order valence-electron chi connectivity index (χ2n) is 5.84. The molecule has 1 atom stereocenters. The van der Waals surface area contributed by atoms with Gasteiger partial charge in [-0.25, -0.2) is 0 Å². The number of nitrogens with zero attached hydrogens (tertiary/aromatic N) is 1. The lowest BCUT2D eigenvalue weighted by atomic mass is 9.92. The zero-order valence-corrected chi connectivity index (χ0v) is 12.6. The van der Waals surface area contributed by atoms with Crippen molar-refractivity contribution in [2.75, 3.05) is 30.7 Å². The molecule has 2 rings (SSSR count). The van der Waals surface area contributed by atoms with Crippen LogP contribution in [0.3, 0.4) is 0 Å². The van der Waals surface area contributed by atoms with E-state index in [1.54, 1.807) is 24.3 Å². The first-order chi connectivity index (χ1) is 10.0. The molecule has 0 aromatic heterocycles. The van der Waals surface area contributed by atoms with E-state index in [0.29, 0.717) is 18.0 Å². The van der Waals surface area contributed by atoms with E-state index in [0.717, 1.165) is 38.2 Å². The van der Waals surface area contributed by atoms with Crippen molar-refractivity contribution in [3.05, 3.63) is 24.3 Å². The standard InChI is InChI=1S/C16H25N3O2/c1-12(20)13-6-9-19(10-7-13)11-8-16(21)18-15-4-2-14(17)3-5-15/h2-5,12-13,20H,6-11,17H2,1H3,(H,18,21). The summed E-state index contributed by atoms with van der Waals surface area (Å²) in [5.74, 6) is 0.433. The number of benzene rings is 1. The predicted octanol–water partition coefficient (Wildman–Crippen LogP) is 1.69. The van der Waals surface area contributed by atoms with Crippen LogP contribution in [0.25, 0.3) is 0 Å². The largest absolute Gasteiger partial charge is 0.399 e. The van der Waals surface area contributed by atoms with Gasteiger partial charge in [0.25, 0.3) is 0 Å². The zero-order valence-electron chi connectivity index (χ0n) is 12.6. The summed E-state index contributed by atoms with van der Waals surface area (Å²) >= 11 is 0. The molecule has 1 unspecified atom stereocenters. The summed E-state index contributed by atoms with van der Waals surface area (Å²) in [4.78, 5) is 14.2. The number of aliphatic hydroxyl groups is 1. The van der Waals surface area contributed by atoms with Gasteiger partial charge in [-0.15, -0.1) is 0 Å². The molecule has 0 radical (unpaired) electrons. The number of nitrogens with two attached hydrogens (primary N) is 1. The van der Waals surface area contributed by atoms with Gasteiger partial charge >= 0.3 is 0 Å². The van der Waals surface area contributed by atoms with Crippen LogP contribution in [-0.4, -0.2) is 41.7 Å². The van der Waals surface area contributed by atoms with E-state index in [-0.39, 0.29) is 12.0 Å². The minimum absolute atomic E-state index is 0.0254. The van der Waals surface area contributed by atoms with Crippen LogP contribution in [0, 0.1) is 5.92 Å². The third-order valence-electron chi connectivity index (χ3n) is 4.16. The summed E-state index contributed by atoms with van der Waals surface area (Å²) in [6, 6.07) is 7.16. The molecule has 21 heavy (non-hydrogen) atoms. The molecule has 5 nitrogen and oxygen atoms in total. The SMILES string of the molecule is CC(O)C1CCN(CCC(=O)Nc2ccc(N)cc2)CC1. The third-order valence-corrected chi connectivity index (χ3v) is 4.16. The maximum absolute atomic E-state index is 11.9. The van der Waals surface area contributed by atoms with Gasteiger partial charge in [-0.05, 0) is 63.0 Å². The Kier molecular flexibility index (Phi) is 5.59. The topological polar surface area (TPSA) is 78.6 Å². The van der Waals surface area contributed by atoms with Crippen LogP contribution in [0.2, 0.25) is 0 Å². The van der Waals surface area contributed by atoms with Crippen LogP contribution in [0.5, 0.6) is 0 Å². The van der Waals surface area contributed by atoms with Crippen molar-refractivity contribution in [3.8, 4) is 0 Å². The van der Waals surface area contributed by atoms with Gasteiger partial charge in [-0.3, -0.25) is 4.79 Å². The number of piperidine rings is 1. The van der Waals surface area contributed by atoms with Crippen molar-refractivity contribution in [2.24, 2.45) is 5.92 Å². The number of nitrogen functional groups attached to an aromatic ring is 1. The lowest BCUT2D eigenvalue weighted by Gasteiger charge is -2.33. The van der Waals surface area contributed by atoms with Gasteiger partial charge < -0.3 is 21.1 Å². The number of amides is 1. The number of hydrogen-bond acceptors (Lipinski definition) is 4. The summed E-state index contributed by atoms with van der Waals surface area (Å²) in [7, 11) is 0. The summed E-state index contributed by atoms with van der Waals surface area (Å²) in [6.07, 6.45) is 2.29. The van der Waals surface area contributed by atoms with E-state index in [4.69, 9.17) is 5.73 Å². The van der Waals surface area contributed by atoms with Crippen molar-refractivity contribution in [2.45, 2.75) is 32.3 Å². The highest BCUT2D eigenvalue weighted by Gasteiger charge is 2.22. The highest BCUT2D eigenvalue weighted by atomic mass is 16.3. The summed E-state index contributed by atoms with van der Waals surface area (Å²) < 4.78 is 0. The Labute approximate surface area is 126 Å². The highest BCUT2D eigenvalue weighted by molar-refractivity contribution is 5.90. The van der Waals surface area contributed by atoms with E-state index in [1.807, 2.05) is 6.92 Å². The Morgan fingerprint density at radius 1 is 1.38 bits per heavy atom. The number of carbonyl (C=O) groups excluding carboxylic acids is 1. The molecule has 5 heteroatoms. The minimum Gasteiger partial charge on any atom is -0.399 e. The first-order valence-electron chi connectivity index (χ1n) is 7.60. The third kappa shape index (κ3) is 5.02. The van der Waals surface area contributed by atoms with Gasteiger partial charge in [-0.2, -0.15) is 0 Å². The van der Waals surface area contributed by atoms with Gasteiger partial charge in [0.2, 0.25) is 5.91 Å². The van der Waals surface area contributed by atoms with E-state index in [9.17, 15) is 9.90 Å². The number of likely N-dealkylation sites (tertiary alicyclic amines) is 1. The Hall–Kier alpha value is -1.59. The highest BCUT2D eigenvalue weighted by Crippen LogP contribution is 2.20. The van der Waals surface area contributed by atoms with Crippen molar-refractivity contribution < 1.29 is 9.90 Å². The molecule has 116 valence electrons. The van der Waals surface area contributed by atoms with Crippen LogP contribution < -0.4 is 11.1 Å². The van der Waals surface area contributed by atoms with Gasteiger partial charge in [0.05, 0.1) is 6.10 Å². The van der Waals surface area contributed by atoms with Crippen molar-refractivity contribution in [1.82, 2.24) is 4.90 Å². The molecule has 0 saturated carbocycles. The van der Waals surface area contributed by atoms with Gasteiger partial charge in [-0.1, -0.05) is 0 Å². The molecule has 0 bridgehead atoms. The fraction of sp³-hybridized carbons (Fsp3) is 0.562. The molecular formula is C16H25N3O2. The fourth-order valence-electron chi connectivity index (χ4n) is 2.71. The molecule has 0 aliphatic carbocycles. The number of carbonyl (C=O) groups is 1. The van der Waals surface area contributed by atoms with E-state index < -0.39 is 0 Å². The monoisotopic (exact) mass is 291 g/mol. The molecule has 1 aromatic rings. The first-order valence-corrected chi connectivity index (χ1v) is 7.60. The molecule has 1 aromatic carbocycles. The average molecular weight is 291 g/mol. The molecule has 0 spiro atoms. The number of rotatable bonds is 5. The van der Waals surface area contributed by atoms with Crippen molar-refractivity contribution in [1.29, 1.82) is 0 Å². The molecule has 1 fully saturated rings. The molecule has 4 N–H and O–H groups in total. The summed E-state index contributed by atoms with van der Waals surface area (Å²) in [5.41, 5.74) is 7.08. The number of hydrogen-bond donors (Lipinski definition) is 3. The number of nitrogens with one attached hydrogen (secondary N) is 1. The van der Waals surface area contributed by atoms with E-state index in [1.165, 1.54) is 0 Å². The van der Waals surface area contributed by atoms with Crippen LogP contribution in [-0.2, 0) is 4.79 Å². The second-order valence-corrected chi connectivity index (χ2v) is 5.84. The minimum atomic E-state index is -0.221. The van der Waals surface area contributed by atoms with Gasteiger partial charge in [0.1, 0.15) is 0 Å². The Morgan fingerprint density at radius 2 is 2.00 bits per heavy atom. The normalized spacial score (nSPS) is 18.4. The molecule has 1 aliphatic heterocycles. The summed E-state index contributed by atoms with van der Waals surface area (Å²) in [5, 5.41) is 12.4. The van der Waals surface area contributed by atoms with E-state index >= 15 is 0 Å². The van der Waals surface area contributed by atoms with Crippen LogP contribution >= 0.6 is 0 Å². The van der Waals surface area contributed by atoms with Crippen LogP contribution in [0.4, 0.5) is 11.4 Å². The van der Waals surface area contributed by atoms with Crippen LogP contribution in [0.1, 0.15) is 26.2 Å². The van der Waals surface area contributed by atoms with Gasteiger partial charge in [0.15, 0.2) is 0 Å². The van der Waals surface area contributed by atoms with Gasteiger partial charge in [0, 0.05) is 24.3 Å². The Bertz CT molecular complexity index is 451. The van der Waals surface area contributed by atoms with Crippen molar-refractivity contribution in [3.63, 3.8) is 0 Å². The molecule has 1 aliphatic rings. The zero-order chi connectivity index (χ0) is 15.2. The quantitative estimate of drug-likeness (QED) is 0.721. The molecule has 1 saturated heterocycles. The average Bonchev–Trinajstić information content (AvgIpc) is 2.48. The molecule has 1 amide bonds. The Morgan fingerprint density at radius 3 is 2.57 bits per heavy atom. The fourth-order valence-corrected chi connectivity index (χ4v) is 2.71. The lowest BCUT2D eigenvalue weighted by molar-refractivity contribution is -0.116. The lowest BCUT2D eigenvalue weighted by Crippen LogP contribution is -2.38. The van der Waals surface area contributed by atoms with Crippen molar-refractivity contribution >= 4 is 17.3 Å². The number of aliphatic hydroxyl groups excluding tert-OH is 1. The molecule has 1 heterocycles. The predicted molar refractivity (Wildman–Crippen MR) is 84.9 cm³/mol. The van der Waals surface area contributed by atoms with E-state index in [2.05, 4.69) is 10.2 Å². The first kappa shape index (κ1) is 15.8. The summed E-state index contributed by atoms with van der Waals surface area (Å²) in [6.45, 7) is 4.56.